The van der Waals surface area contributed by atoms with Crippen LogP contribution in [0.4, 0.5) is 19.4 Å². The Bertz CT molecular complexity index is 1250. The molecule has 0 aliphatic carbocycles. The number of ether oxygens (including phenoxy) is 3. The summed E-state index contributed by atoms with van der Waals surface area (Å²) in [5, 5.41) is 10.5. The molecular formula is C28H35F2N5O4. The van der Waals surface area contributed by atoms with Crippen molar-refractivity contribution in [3.8, 4) is 11.6 Å². The number of carbonyl (C=O) groups is 1. The first-order valence-electron chi connectivity index (χ1n) is 12.9. The number of hydrogen-bond acceptors (Lipinski definition) is 6. The number of aromatic nitrogens is 2. The lowest BCUT2D eigenvalue weighted by Gasteiger charge is -2.26. The van der Waals surface area contributed by atoms with Gasteiger partial charge in [-0.05, 0) is 43.7 Å². The van der Waals surface area contributed by atoms with Crippen LogP contribution >= 0.6 is 0 Å². The molecule has 0 saturated carbocycles. The Morgan fingerprint density at radius 3 is 2.44 bits per heavy atom. The molecule has 2 aromatic carbocycles. The molecule has 1 aliphatic rings. The second-order valence-electron chi connectivity index (χ2n) is 9.46. The standard InChI is InChI=1S/C28H35F2N5O4/c1-5-39-27-18(2)26(35(33-27)20-9-7-6-8-10-20)32-28(36)31-25-15-34(21(16-37-3)17-38-4)14-22(25)19-11-12-23(29)24(30)13-19/h6-13,21-22,25H,5,14-17H2,1-4H3,(H2,31,32,36)/t22-,25+/m0/s1. The van der Waals surface area contributed by atoms with E-state index < -0.39 is 23.7 Å². The van der Waals surface area contributed by atoms with Gasteiger partial charge in [-0.15, -0.1) is 5.10 Å². The van der Waals surface area contributed by atoms with Gasteiger partial charge in [0.15, 0.2) is 11.6 Å². The molecule has 1 saturated heterocycles. The van der Waals surface area contributed by atoms with E-state index in [0.29, 0.717) is 55.7 Å². The summed E-state index contributed by atoms with van der Waals surface area (Å²) < 4.78 is 45.9. The van der Waals surface area contributed by atoms with Crippen LogP contribution < -0.4 is 15.4 Å². The number of benzene rings is 2. The molecule has 39 heavy (non-hydrogen) atoms. The fraction of sp³-hybridized carbons (Fsp3) is 0.429. The first-order valence-corrected chi connectivity index (χ1v) is 12.9. The van der Waals surface area contributed by atoms with Crippen molar-refractivity contribution in [3.63, 3.8) is 0 Å². The number of rotatable bonds is 11. The average Bonchev–Trinajstić information content (AvgIpc) is 3.47. The molecule has 210 valence electrons. The van der Waals surface area contributed by atoms with Crippen molar-refractivity contribution in [3.05, 3.63) is 71.3 Å². The van der Waals surface area contributed by atoms with Gasteiger partial charge < -0.3 is 19.5 Å². The predicted octanol–water partition coefficient (Wildman–Crippen LogP) is 4.11. The zero-order chi connectivity index (χ0) is 27.9. The minimum atomic E-state index is -0.926. The van der Waals surface area contributed by atoms with Crippen LogP contribution in [0.25, 0.3) is 5.69 Å². The summed E-state index contributed by atoms with van der Waals surface area (Å²) in [6.45, 7) is 5.94. The van der Waals surface area contributed by atoms with Crippen LogP contribution in [0, 0.1) is 18.6 Å². The van der Waals surface area contributed by atoms with Crippen molar-refractivity contribution in [1.82, 2.24) is 20.0 Å². The van der Waals surface area contributed by atoms with Crippen LogP contribution in [0.1, 0.15) is 24.0 Å². The molecule has 0 radical (unpaired) electrons. The van der Waals surface area contributed by atoms with Crippen molar-refractivity contribution < 1.29 is 27.8 Å². The summed E-state index contributed by atoms with van der Waals surface area (Å²) in [7, 11) is 3.23. The van der Waals surface area contributed by atoms with Crippen molar-refractivity contribution in [2.24, 2.45) is 0 Å². The summed E-state index contributed by atoms with van der Waals surface area (Å²) in [5.41, 5.74) is 2.04. The Hall–Kier alpha value is -3.54. The maximum atomic E-state index is 14.2. The molecule has 2 N–H and O–H groups in total. The quantitative estimate of drug-likeness (QED) is 0.379. The minimum Gasteiger partial charge on any atom is -0.477 e. The second kappa shape index (κ2) is 13.0. The molecular weight excluding hydrogens is 508 g/mol. The molecule has 1 fully saturated rings. The fourth-order valence-corrected chi connectivity index (χ4v) is 4.97. The van der Waals surface area contributed by atoms with E-state index in [1.165, 1.54) is 6.07 Å². The molecule has 1 aromatic heterocycles. The highest BCUT2D eigenvalue weighted by Gasteiger charge is 2.38. The molecule has 2 amide bonds. The van der Waals surface area contributed by atoms with Crippen LogP contribution in [0.15, 0.2) is 48.5 Å². The van der Waals surface area contributed by atoms with Gasteiger partial charge in [-0.2, -0.15) is 0 Å². The van der Waals surface area contributed by atoms with E-state index in [0.717, 1.165) is 11.8 Å². The average molecular weight is 544 g/mol. The highest BCUT2D eigenvalue weighted by Crippen LogP contribution is 2.31. The molecule has 0 bridgehead atoms. The SMILES string of the molecule is CCOc1nn(-c2ccccc2)c(NC(=O)N[C@@H]2CN(C(COC)COC)C[C@H]2c2ccc(F)c(F)c2)c1C. The number of urea groups is 1. The molecule has 2 atom stereocenters. The zero-order valence-electron chi connectivity index (χ0n) is 22.6. The van der Waals surface area contributed by atoms with E-state index in [1.54, 1.807) is 25.0 Å². The van der Waals surface area contributed by atoms with E-state index in [-0.39, 0.29) is 12.0 Å². The van der Waals surface area contributed by atoms with E-state index in [1.807, 2.05) is 44.2 Å². The van der Waals surface area contributed by atoms with Crippen LogP contribution in [-0.4, -0.2) is 79.9 Å². The van der Waals surface area contributed by atoms with Gasteiger partial charge >= 0.3 is 6.03 Å². The van der Waals surface area contributed by atoms with E-state index in [9.17, 15) is 13.6 Å². The molecule has 11 heteroatoms. The van der Waals surface area contributed by atoms with Crippen molar-refractivity contribution in [1.29, 1.82) is 0 Å². The number of nitrogens with zero attached hydrogens (tertiary/aromatic N) is 3. The smallest absolute Gasteiger partial charge is 0.320 e. The van der Waals surface area contributed by atoms with Gasteiger partial charge in [0.1, 0.15) is 5.82 Å². The number of methoxy groups -OCH3 is 2. The lowest BCUT2D eigenvalue weighted by molar-refractivity contribution is 0.0458. The number of carbonyl (C=O) groups excluding carboxylic acids is 1. The molecule has 9 nitrogen and oxygen atoms in total. The number of amides is 2. The molecule has 4 rings (SSSR count). The first kappa shape index (κ1) is 28.5. The Labute approximate surface area is 227 Å². The first-order chi connectivity index (χ1) is 18.9. The number of para-hydroxylation sites is 1. The van der Waals surface area contributed by atoms with Gasteiger partial charge in [-0.25, -0.2) is 18.3 Å². The summed E-state index contributed by atoms with van der Waals surface area (Å²) in [5.74, 6) is -1.24. The summed E-state index contributed by atoms with van der Waals surface area (Å²) in [6, 6.07) is 12.4. The van der Waals surface area contributed by atoms with Gasteiger partial charge in [0, 0.05) is 33.2 Å². The second-order valence-corrected chi connectivity index (χ2v) is 9.46. The lowest BCUT2D eigenvalue weighted by atomic mass is 9.94. The third-order valence-electron chi connectivity index (χ3n) is 6.86. The Balaban J connectivity index is 1.60. The zero-order valence-corrected chi connectivity index (χ0v) is 22.6. The highest BCUT2D eigenvalue weighted by molar-refractivity contribution is 5.90. The summed E-state index contributed by atoms with van der Waals surface area (Å²) >= 11 is 0. The Kier molecular flexibility index (Phi) is 9.50. The third-order valence-corrected chi connectivity index (χ3v) is 6.86. The highest BCUT2D eigenvalue weighted by atomic mass is 19.2. The van der Waals surface area contributed by atoms with Crippen molar-refractivity contribution >= 4 is 11.8 Å². The number of halogens is 2. The van der Waals surface area contributed by atoms with Crippen LogP contribution in [-0.2, 0) is 9.47 Å². The maximum absolute atomic E-state index is 14.2. The molecule has 1 aliphatic heterocycles. The van der Waals surface area contributed by atoms with Crippen molar-refractivity contribution in [2.75, 3.05) is 52.4 Å². The van der Waals surface area contributed by atoms with Crippen LogP contribution in [0.2, 0.25) is 0 Å². The van der Waals surface area contributed by atoms with Gasteiger partial charge in [0.25, 0.3) is 0 Å². The fourth-order valence-electron chi connectivity index (χ4n) is 4.97. The normalized spacial score (nSPS) is 17.5. The lowest BCUT2D eigenvalue weighted by Crippen LogP contribution is -2.45. The third kappa shape index (κ3) is 6.55. The number of anilines is 1. The number of nitrogens with one attached hydrogen (secondary N) is 2. The molecule has 0 spiro atoms. The van der Waals surface area contributed by atoms with Gasteiger partial charge in [-0.3, -0.25) is 10.2 Å². The van der Waals surface area contributed by atoms with Crippen molar-refractivity contribution in [2.45, 2.75) is 31.8 Å². The summed E-state index contributed by atoms with van der Waals surface area (Å²) in [6.07, 6.45) is 0. The van der Waals surface area contributed by atoms with E-state index >= 15 is 0 Å². The minimum absolute atomic E-state index is 0.0711. The van der Waals surface area contributed by atoms with Crippen LogP contribution in [0.3, 0.4) is 0 Å². The number of hydrogen-bond donors (Lipinski definition) is 2. The van der Waals surface area contributed by atoms with Gasteiger partial charge in [0.05, 0.1) is 43.2 Å². The Morgan fingerprint density at radius 2 is 1.79 bits per heavy atom. The van der Waals surface area contributed by atoms with Gasteiger partial charge in [0.2, 0.25) is 5.88 Å². The molecule has 3 aromatic rings. The van der Waals surface area contributed by atoms with Crippen LogP contribution in [0.5, 0.6) is 5.88 Å². The molecule has 2 heterocycles. The topological polar surface area (TPSA) is 89.9 Å². The van der Waals surface area contributed by atoms with Gasteiger partial charge in [-0.1, -0.05) is 24.3 Å². The monoisotopic (exact) mass is 543 g/mol. The van der Waals surface area contributed by atoms with E-state index in [4.69, 9.17) is 14.2 Å². The van der Waals surface area contributed by atoms with E-state index in [2.05, 4.69) is 20.6 Å². The maximum Gasteiger partial charge on any atom is 0.320 e. The summed E-state index contributed by atoms with van der Waals surface area (Å²) in [4.78, 5) is 15.5. The predicted molar refractivity (Wildman–Crippen MR) is 144 cm³/mol. The molecule has 0 unspecified atom stereocenters. The number of likely N-dealkylation sites (tertiary alicyclic amines) is 1. The Morgan fingerprint density at radius 1 is 1.08 bits per heavy atom. The largest absolute Gasteiger partial charge is 0.477 e.